The van der Waals surface area contributed by atoms with E-state index >= 15 is 0 Å². The molecule has 0 radical (unpaired) electrons. The van der Waals surface area contributed by atoms with Crippen LogP contribution in [0.5, 0.6) is 0 Å². The summed E-state index contributed by atoms with van der Waals surface area (Å²) in [7, 11) is 5.30. The molecule has 6 nitrogen and oxygen atoms in total. The van der Waals surface area contributed by atoms with Crippen LogP contribution < -0.4 is 10.6 Å². The minimum Gasteiger partial charge on any atom is -0.352 e. The Labute approximate surface area is 215 Å². The highest BCUT2D eigenvalue weighted by Crippen LogP contribution is 2.14. The highest BCUT2D eigenvalue weighted by atomic mass is 127. The lowest BCUT2D eigenvalue weighted by Gasteiger charge is -2.20. The normalized spacial score (nSPS) is 14.7. The third-order valence-corrected chi connectivity index (χ3v) is 5.88. The Hall–Kier alpha value is -2.13. The average Bonchev–Trinajstić information content (AvgIpc) is 3.08. The van der Waals surface area contributed by atoms with Crippen molar-refractivity contribution < 1.29 is 4.79 Å². The second kappa shape index (κ2) is 14.2. The van der Waals surface area contributed by atoms with E-state index in [1.54, 1.807) is 26.0 Å². The van der Waals surface area contributed by atoms with Crippen LogP contribution in [0.15, 0.2) is 53.5 Å². The summed E-state index contributed by atoms with van der Waals surface area (Å²) < 4.78 is 0. The summed E-state index contributed by atoms with van der Waals surface area (Å²) in [6.07, 6.45) is 5.40. The van der Waals surface area contributed by atoms with E-state index in [0.717, 1.165) is 24.6 Å². The van der Waals surface area contributed by atoms with E-state index in [0.29, 0.717) is 12.1 Å². The zero-order chi connectivity index (χ0) is 22.8. The second-order valence-electron chi connectivity index (χ2n) is 8.68. The summed E-state index contributed by atoms with van der Waals surface area (Å²) in [4.78, 5) is 20.5. The Kier molecular flexibility index (Phi) is 11.7. The van der Waals surface area contributed by atoms with E-state index < -0.39 is 0 Å². The Morgan fingerprint density at radius 3 is 1.82 bits per heavy atom. The summed E-state index contributed by atoms with van der Waals surface area (Å²) in [5, 5.41) is 6.71. The van der Waals surface area contributed by atoms with Crippen molar-refractivity contribution in [1.82, 2.24) is 20.4 Å². The van der Waals surface area contributed by atoms with E-state index in [1.807, 2.05) is 24.3 Å². The first-order chi connectivity index (χ1) is 15.5. The van der Waals surface area contributed by atoms with Crippen molar-refractivity contribution in [2.24, 2.45) is 4.99 Å². The number of guanidine groups is 1. The number of rotatable bonds is 7. The standard InChI is InChI=1S/C26H37N5O.HI/c1-27-26(29-19-22-12-14-24(15-13-22)25(32)30(2)3)28-18-21-8-10-23(11-9-21)20-31-16-6-4-5-7-17-31;/h8-15H,4-7,16-20H2,1-3H3,(H2,27,28,29);1H. The third kappa shape index (κ3) is 8.97. The first kappa shape index (κ1) is 27.1. The summed E-state index contributed by atoms with van der Waals surface area (Å²) in [6, 6.07) is 16.6. The highest BCUT2D eigenvalue weighted by Gasteiger charge is 2.10. The number of carbonyl (C=O) groups is 1. The lowest BCUT2D eigenvalue weighted by atomic mass is 10.1. The van der Waals surface area contributed by atoms with Crippen LogP contribution in [0.3, 0.4) is 0 Å². The van der Waals surface area contributed by atoms with Crippen molar-refractivity contribution in [2.45, 2.75) is 45.3 Å². The van der Waals surface area contributed by atoms with Gasteiger partial charge in [-0.05, 0) is 54.8 Å². The maximum Gasteiger partial charge on any atom is 0.253 e. The lowest BCUT2D eigenvalue weighted by molar-refractivity contribution is 0.0827. The summed E-state index contributed by atoms with van der Waals surface area (Å²) >= 11 is 0. The van der Waals surface area contributed by atoms with Crippen molar-refractivity contribution in [3.8, 4) is 0 Å². The first-order valence-corrected chi connectivity index (χ1v) is 11.6. The van der Waals surface area contributed by atoms with Crippen LogP contribution in [0.1, 0.15) is 52.7 Å². The molecule has 0 aromatic heterocycles. The van der Waals surface area contributed by atoms with E-state index in [4.69, 9.17) is 0 Å². The monoisotopic (exact) mass is 563 g/mol. The van der Waals surface area contributed by atoms with Gasteiger partial charge in [0.15, 0.2) is 5.96 Å². The lowest BCUT2D eigenvalue weighted by Crippen LogP contribution is -2.36. The quantitative estimate of drug-likeness (QED) is 0.301. The zero-order valence-electron chi connectivity index (χ0n) is 20.1. The predicted octanol–water partition coefficient (Wildman–Crippen LogP) is 4.25. The van der Waals surface area contributed by atoms with Gasteiger partial charge in [0.05, 0.1) is 0 Å². The van der Waals surface area contributed by atoms with Gasteiger partial charge in [0, 0.05) is 46.3 Å². The van der Waals surface area contributed by atoms with Crippen LogP contribution in [-0.2, 0) is 19.6 Å². The molecule has 2 N–H and O–H groups in total. The fourth-order valence-electron chi connectivity index (χ4n) is 3.93. The molecule has 33 heavy (non-hydrogen) atoms. The number of hydrogen-bond acceptors (Lipinski definition) is 3. The molecule has 1 fully saturated rings. The number of nitrogens with zero attached hydrogens (tertiary/aromatic N) is 3. The molecule has 0 aliphatic carbocycles. The average molecular weight is 564 g/mol. The molecule has 1 heterocycles. The molecule has 0 atom stereocenters. The van der Waals surface area contributed by atoms with Gasteiger partial charge in [0.25, 0.3) is 5.91 Å². The summed E-state index contributed by atoms with van der Waals surface area (Å²) in [5.74, 6) is 0.770. The van der Waals surface area contributed by atoms with Crippen LogP contribution in [0.2, 0.25) is 0 Å². The molecule has 1 saturated heterocycles. The van der Waals surface area contributed by atoms with Crippen LogP contribution in [-0.4, -0.2) is 55.9 Å². The molecule has 0 bridgehead atoms. The van der Waals surface area contributed by atoms with Crippen LogP contribution in [0, 0.1) is 0 Å². The largest absolute Gasteiger partial charge is 0.352 e. The zero-order valence-corrected chi connectivity index (χ0v) is 22.5. The molecule has 2 aromatic carbocycles. The number of nitrogens with one attached hydrogen (secondary N) is 2. The molecule has 1 amide bonds. The predicted molar refractivity (Wildman–Crippen MR) is 147 cm³/mol. The SMILES string of the molecule is CN=C(NCc1ccc(CN2CCCCCC2)cc1)NCc1ccc(C(=O)N(C)C)cc1.I. The first-order valence-electron chi connectivity index (χ1n) is 11.6. The van der Waals surface area contributed by atoms with Crippen molar-refractivity contribution in [3.05, 3.63) is 70.8 Å². The molecule has 180 valence electrons. The Bertz CT molecular complexity index is 873. The van der Waals surface area contributed by atoms with Gasteiger partial charge < -0.3 is 15.5 Å². The number of aliphatic imine (C=N–C) groups is 1. The smallest absolute Gasteiger partial charge is 0.253 e. The van der Waals surface area contributed by atoms with Crippen molar-refractivity contribution in [2.75, 3.05) is 34.2 Å². The van der Waals surface area contributed by atoms with Gasteiger partial charge in [0.1, 0.15) is 0 Å². The molecular formula is C26H38IN5O. The number of likely N-dealkylation sites (tertiary alicyclic amines) is 1. The maximum atomic E-state index is 12.0. The molecule has 1 aliphatic rings. The highest BCUT2D eigenvalue weighted by molar-refractivity contribution is 14.0. The van der Waals surface area contributed by atoms with E-state index in [9.17, 15) is 4.79 Å². The number of amides is 1. The van der Waals surface area contributed by atoms with Gasteiger partial charge in [-0.2, -0.15) is 0 Å². The molecule has 1 aliphatic heterocycles. The molecule has 2 aromatic rings. The number of hydrogen-bond donors (Lipinski definition) is 2. The summed E-state index contributed by atoms with van der Waals surface area (Å²) in [6.45, 7) is 4.86. The van der Waals surface area contributed by atoms with Gasteiger partial charge in [-0.1, -0.05) is 49.2 Å². The number of benzene rings is 2. The fraction of sp³-hybridized carbons (Fsp3) is 0.462. The van der Waals surface area contributed by atoms with Crippen LogP contribution >= 0.6 is 24.0 Å². The molecule has 3 rings (SSSR count). The maximum absolute atomic E-state index is 12.0. The number of carbonyl (C=O) groups excluding carboxylic acids is 1. The van der Waals surface area contributed by atoms with Crippen molar-refractivity contribution in [1.29, 1.82) is 0 Å². The van der Waals surface area contributed by atoms with Gasteiger partial charge in [0.2, 0.25) is 0 Å². The summed E-state index contributed by atoms with van der Waals surface area (Å²) in [5.41, 5.74) is 4.41. The van der Waals surface area contributed by atoms with Gasteiger partial charge in [-0.3, -0.25) is 14.7 Å². The molecular weight excluding hydrogens is 525 g/mol. The van der Waals surface area contributed by atoms with E-state index in [1.165, 1.54) is 49.9 Å². The van der Waals surface area contributed by atoms with Crippen molar-refractivity contribution >= 4 is 35.8 Å². The Morgan fingerprint density at radius 1 is 0.848 bits per heavy atom. The van der Waals surface area contributed by atoms with Crippen LogP contribution in [0.4, 0.5) is 0 Å². The number of halogens is 1. The molecule has 0 saturated carbocycles. The fourth-order valence-corrected chi connectivity index (χ4v) is 3.93. The molecule has 0 spiro atoms. The molecule has 0 unspecified atom stereocenters. The topological polar surface area (TPSA) is 60.0 Å². The minimum atomic E-state index is 0. The van der Waals surface area contributed by atoms with Gasteiger partial charge in [-0.25, -0.2) is 0 Å². The minimum absolute atomic E-state index is 0. The van der Waals surface area contributed by atoms with Crippen molar-refractivity contribution in [3.63, 3.8) is 0 Å². The molecule has 7 heteroatoms. The second-order valence-corrected chi connectivity index (χ2v) is 8.68. The van der Waals surface area contributed by atoms with Crippen LogP contribution in [0.25, 0.3) is 0 Å². The van der Waals surface area contributed by atoms with E-state index in [-0.39, 0.29) is 29.9 Å². The van der Waals surface area contributed by atoms with E-state index in [2.05, 4.69) is 44.8 Å². The van der Waals surface area contributed by atoms with Gasteiger partial charge >= 0.3 is 0 Å². The Morgan fingerprint density at radius 2 is 1.33 bits per heavy atom. The van der Waals surface area contributed by atoms with Gasteiger partial charge in [-0.15, -0.1) is 24.0 Å². The Balaban J connectivity index is 0.00000385. The third-order valence-electron chi connectivity index (χ3n) is 5.88.